The van der Waals surface area contributed by atoms with Crippen LogP contribution in [0.25, 0.3) is 0 Å². The number of hydrogen-bond acceptors (Lipinski definition) is 4. The maximum Gasteiger partial charge on any atom is 0.325 e. The summed E-state index contributed by atoms with van der Waals surface area (Å²) in [7, 11) is -3.61. The van der Waals surface area contributed by atoms with E-state index in [-0.39, 0.29) is 17.5 Å². The standard InChI is InChI=1S/C13H21N3O4S/c1-2-16(11-6-4-3-5-7-11)21(19,20)12-8-14-15(9-12)10-13(17)18/h8-9,11H,2-7,10H2,1H3,(H,17,18). The molecule has 0 radical (unpaired) electrons. The molecule has 0 spiro atoms. The van der Waals surface area contributed by atoms with Crippen molar-refractivity contribution >= 4 is 16.0 Å². The summed E-state index contributed by atoms with van der Waals surface area (Å²) in [5, 5.41) is 12.5. The van der Waals surface area contributed by atoms with E-state index in [1.807, 2.05) is 6.92 Å². The van der Waals surface area contributed by atoms with Gasteiger partial charge in [0.1, 0.15) is 11.4 Å². The molecular formula is C13H21N3O4S. The maximum absolute atomic E-state index is 12.7. The molecule has 1 aliphatic rings. The van der Waals surface area contributed by atoms with Gasteiger partial charge in [-0.2, -0.15) is 9.40 Å². The number of carboxylic acids is 1. The molecule has 1 saturated carbocycles. The summed E-state index contributed by atoms with van der Waals surface area (Å²) in [5.41, 5.74) is 0. The van der Waals surface area contributed by atoms with Gasteiger partial charge in [-0.25, -0.2) is 8.42 Å². The lowest BCUT2D eigenvalue weighted by Gasteiger charge is -2.32. The minimum atomic E-state index is -3.61. The van der Waals surface area contributed by atoms with E-state index in [0.717, 1.165) is 36.8 Å². The molecule has 8 heteroatoms. The van der Waals surface area contributed by atoms with Crippen LogP contribution in [0, 0.1) is 0 Å². The predicted molar refractivity (Wildman–Crippen MR) is 76.3 cm³/mol. The Morgan fingerprint density at radius 2 is 2.10 bits per heavy atom. The van der Waals surface area contributed by atoms with Crippen LogP contribution in [0.1, 0.15) is 39.0 Å². The first-order valence-corrected chi connectivity index (χ1v) is 8.65. The van der Waals surface area contributed by atoms with Crippen LogP contribution in [0.15, 0.2) is 17.3 Å². The maximum atomic E-state index is 12.7. The SMILES string of the molecule is CCN(C1CCCCC1)S(=O)(=O)c1cnn(CC(=O)O)c1. The number of carboxylic acid groups (broad SMARTS) is 1. The first-order chi connectivity index (χ1) is 9.95. The second kappa shape index (κ2) is 6.57. The molecule has 21 heavy (non-hydrogen) atoms. The van der Waals surface area contributed by atoms with Crippen molar-refractivity contribution in [2.24, 2.45) is 0 Å². The molecule has 1 N–H and O–H groups in total. The zero-order chi connectivity index (χ0) is 15.5. The van der Waals surface area contributed by atoms with Crippen LogP contribution in [-0.2, 0) is 21.4 Å². The molecule has 1 fully saturated rings. The van der Waals surface area contributed by atoms with Gasteiger partial charge in [0.25, 0.3) is 0 Å². The average Bonchev–Trinajstić information content (AvgIpc) is 2.89. The lowest BCUT2D eigenvalue weighted by atomic mass is 9.95. The largest absolute Gasteiger partial charge is 0.480 e. The van der Waals surface area contributed by atoms with E-state index >= 15 is 0 Å². The first-order valence-electron chi connectivity index (χ1n) is 7.21. The number of aromatic nitrogens is 2. The van der Waals surface area contributed by atoms with E-state index in [0.29, 0.717) is 6.54 Å². The fourth-order valence-electron chi connectivity index (χ4n) is 2.83. The molecule has 0 aliphatic heterocycles. The van der Waals surface area contributed by atoms with Gasteiger partial charge in [-0.3, -0.25) is 9.48 Å². The van der Waals surface area contributed by atoms with Crippen LogP contribution >= 0.6 is 0 Å². The molecule has 118 valence electrons. The van der Waals surface area contributed by atoms with Crippen molar-refractivity contribution < 1.29 is 18.3 Å². The summed E-state index contributed by atoms with van der Waals surface area (Å²) in [6.45, 7) is 1.90. The lowest BCUT2D eigenvalue weighted by molar-refractivity contribution is -0.137. The molecule has 0 saturated heterocycles. The normalized spacial score (nSPS) is 17.2. The van der Waals surface area contributed by atoms with Crippen molar-refractivity contribution in [1.82, 2.24) is 14.1 Å². The highest BCUT2D eigenvalue weighted by Crippen LogP contribution is 2.27. The highest BCUT2D eigenvalue weighted by Gasteiger charge is 2.32. The average molecular weight is 315 g/mol. The minimum Gasteiger partial charge on any atom is -0.480 e. The molecule has 1 aromatic rings. The molecule has 1 aromatic heterocycles. The topological polar surface area (TPSA) is 92.5 Å². The zero-order valence-electron chi connectivity index (χ0n) is 12.1. The molecule has 0 unspecified atom stereocenters. The molecule has 1 heterocycles. The second-order valence-corrected chi connectivity index (χ2v) is 7.16. The Hall–Kier alpha value is -1.41. The first kappa shape index (κ1) is 16.0. The number of rotatable bonds is 6. The summed E-state index contributed by atoms with van der Waals surface area (Å²) in [5.74, 6) is -1.05. The Kier molecular flexibility index (Phi) is 5.00. The third-order valence-corrected chi connectivity index (χ3v) is 5.79. The van der Waals surface area contributed by atoms with Gasteiger partial charge in [-0.15, -0.1) is 0 Å². The Morgan fingerprint density at radius 3 is 2.67 bits per heavy atom. The van der Waals surface area contributed by atoms with E-state index in [9.17, 15) is 13.2 Å². The summed E-state index contributed by atoms with van der Waals surface area (Å²) >= 11 is 0. The fraction of sp³-hybridized carbons (Fsp3) is 0.692. The monoisotopic (exact) mass is 315 g/mol. The van der Waals surface area contributed by atoms with E-state index in [1.54, 1.807) is 0 Å². The number of aliphatic carboxylic acids is 1. The van der Waals surface area contributed by atoms with E-state index in [2.05, 4.69) is 5.10 Å². The smallest absolute Gasteiger partial charge is 0.325 e. The Labute approximate surface area is 124 Å². The van der Waals surface area contributed by atoms with Crippen LogP contribution in [0.2, 0.25) is 0 Å². The third kappa shape index (κ3) is 3.62. The summed E-state index contributed by atoms with van der Waals surface area (Å²) in [6, 6.07) is 0.0385. The van der Waals surface area contributed by atoms with E-state index in [1.165, 1.54) is 16.7 Å². The van der Waals surface area contributed by atoms with Crippen molar-refractivity contribution in [3.8, 4) is 0 Å². The van der Waals surface area contributed by atoms with E-state index in [4.69, 9.17) is 5.11 Å². The summed E-state index contributed by atoms with van der Waals surface area (Å²) in [6.07, 6.45) is 7.54. The van der Waals surface area contributed by atoms with Gasteiger partial charge in [0.05, 0.1) is 6.20 Å². The zero-order valence-corrected chi connectivity index (χ0v) is 12.9. The Bertz CT molecular complexity index is 590. The number of sulfonamides is 1. The summed E-state index contributed by atoms with van der Waals surface area (Å²) in [4.78, 5) is 10.7. The number of nitrogens with zero attached hydrogens (tertiary/aromatic N) is 3. The van der Waals surface area contributed by atoms with Gasteiger partial charge < -0.3 is 5.11 Å². The lowest BCUT2D eigenvalue weighted by Crippen LogP contribution is -2.41. The minimum absolute atomic E-state index is 0.0385. The van der Waals surface area contributed by atoms with Crippen molar-refractivity contribution in [3.05, 3.63) is 12.4 Å². The molecule has 2 rings (SSSR count). The van der Waals surface area contributed by atoms with Crippen molar-refractivity contribution in [2.75, 3.05) is 6.54 Å². The van der Waals surface area contributed by atoms with Gasteiger partial charge in [-0.1, -0.05) is 26.2 Å². The number of hydrogen-bond donors (Lipinski definition) is 1. The Morgan fingerprint density at radius 1 is 1.43 bits per heavy atom. The highest BCUT2D eigenvalue weighted by atomic mass is 32.2. The molecular weight excluding hydrogens is 294 g/mol. The van der Waals surface area contributed by atoms with Crippen molar-refractivity contribution in [2.45, 2.75) is 56.5 Å². The Balaban J connectivity index is 2.21. The molecule has 0 aromatic carbocycles. The second-order valence-electron chi connectivity index (χ2n) is 5.27. The van der Waals surface area contributed by atoms with E-state index < -0.39 is 16.0 Å². The number of carbonyl (C=O) groups is 1. The van der Waals surface area contributed by atoms with Crippen LogP contribution in [0.5, 0.6) is 0 Å². The fourth-order valence-corrected chi connectivity index (χ4v) is 4.48. The van der Waals surface area contributed by atoms with Gasteiger partial charge in [0, 0.05) is 18.8 Å². The van der Waals surface area contributed by atoms with Crippen molar-refractivity contribution in [3.63, 3.8) is 0 Å². The molecule has 0 bridgehead atoms. The molecule has 0 amide bonds. The van der Waals surface area contributed by atoms with Gasteiger partial charge in [0.2, 0.25) is 10.0 Å². The van der Waals surface area contributed by atoms with Crippen LogP contribution < -0.4 is 0 Å². The van der Waals surface area contributed by atoms with Crippen LogP contribution in [0.4, 0.5) is 0 Å². The van der Waals surface area contributed by atoms with Gasteiger partial charge in [0.15, 0.2) is 0 Å². The van der Waals surface area contributed by atoms with Crippen molar-refractivity contribution in [1.29, 1.82) is 0 Å². The molecule has 0 atom stereocenters. The van der Waals surface area contributed by atoms with Gasteiger partial charge >= 0.3 is 5.97 Å². The van der Waals surface area contributed by atoms with Gasteiger partial charge in [-0.05, 0) is 12.8 Å². The molecule has 7 nitrogen and oxygen atoms in total. The predicted octanol–water partition coefficient (Wildman–Crippen LogP) is 1.31. The molecule has 1 aliphatic carbocycles. The van der Waals surface area contributed by atoms with Crippen LogP contribution in [0.3, 0.4) is 0 Å². The van der Waals surface area contributed by atoms with Crippen LogP contribution in [-0.4, -0.2) is 46.2 Å². The quantitative estimate of drug-likeness (QED) is 0.854. The third-order valence-electron chi connectivity index (χ3n) is 3.81. The summed E-state index contributed by atoms with van der Waals surface area (Å²) < 4.78 is 28.0. The highest BCUT2D eigenvalue weighted by molar-refractivity contribution is 7.89.